The highest BCUT2D eigenvalue weighted by Crippen LogP contribution is 2.62. The van der Waals surface area contributed by atoms with Crippen molar-refractivity contribution >= 4 is 0 Å². The van der Waals surface area contributed by atoms with Crippen molar-refractivity contribution in [1.29, 1.82) is 0 Å². The average molecular weight is 1780 g/mol. The molecule has 9 unspecified atom stereocenters. The molecule has 6 saturated heterocycles. The fourth-order valence-corrected chi connectivity index (χ4v) is 31.9. The Morgan fingerprint density at radius 2 is 0.531 bits per heavy atom. The van der Waals surface area contributed by atoms with E-state index in [1.807, 2.05) is 0 Å². The maximum absolute atomic E-state index is 5.59. The Morgan fingerprint density at radius 1 is 0.258 bits per heavy atom. The van der Waals surface area contributed by atoms with E-state index in [9.17, 15) is 0 Å². The largest absolute Gasteiger partial charge is 0.378 e. The zero-order valence-electron chi connectivity index (χ0n) is 92.2. The van der Waals surface area contributed by atoms with Crippen molar-refractivity contribution in [2.45, 2.75) is 562 Å². The highest BCUT2D eigenvalue weighted by molar-refractivity contribution is 5.04. The van der Waals surface area contributed by atoms with Crippen LogP contribution in [0.15, 0.2) is 0 Å². The molecule has 0 spiro atoms. The topological polar surface area (TPSA) is 19.0 Å². The zero-order valence-corrected chi connectivity index (χ0v) is 92.2. The Hall–Kier alpha value is -0.160. The van der Waals surface area contributed by atoms with Gasteiger partial charge in [-0.1, -0.05) is 333 Å². The van der Waals surface area contributed by atoms with Crippen LogP contribution in [0, 0.1) is 195 Å². The predicted octanol–water partition coefficient (Wildman–Crippen LogP) is 37.2. The van der Waals surface area contributed by atoms with Crippen LogP contribution in [0.5, 0.6) is 0 Å². The van der Waals surface area contributed by atoms with Crippen LogP contribution in [0.25, 0.3) is 0 Å². The molecular weight excluding hydrogens is 1550 g/mol. The monoisotopic (exact) mass is 1780 g/mol. The molecule has 0 radical (unpaired) electrons. The Morgan fingerprint density at radius 3 is 0.852 bits per heavy atom. The van der Waals surface area contributed by atoms with Gasteiger partial charge in [0.15, 0.2) is 0 Å². The molecule has 26 atom stereocenters. The van der Waals surface area contributed by atoms with E-state index < -0.39 is 0 Å². The Labute approximate surface area is 805 Å². The zero-order chi connectivity index (χ0) is 92.9. The summed E-state index contributed by atoms with van der Waals surface area (Å²) in [5.41, 5.74) is 0.694. The van der Waals surface area contributed by atoms with E-state index in [-0.39, 0.29) is 0 Å². The summed E-state index contributed by atoms with van der Waals surface area (Å²) in [7, 11) is 6.91. The Kier molecular flexibility index (Phi) is 49.6. The molecule has 0 aromatic heterocycles. The highest BCUT2D eigenvalue weighted by Gasteiger charge is 2.54. The van der Waals surface area contributed by atoms with Gasteiger partial charge in [-0.25, -0.2) is 0 Å². The van der Waals surface area contributed by atoms with E-state index in [4.69, 9.17) is 4.74 Å². The molecule has 13 saturated carbocycles. The molecule has 752 valence electrons. The van der Waals surface area contributed by atoms with Gasteiger partial charge in [-0.3, -0.25) is 4.90 Å². The van der Waals surface area contributed by atoms with Crippen molar-refractivity contribution in [3.8, 4) is 0 Å². The summed E-state index contributed by atoms with van der Waals surface area (Å²) in [6.45, 7) is 59.6. The second-order valence-electron chi connectivity index (χ2n) is 54.8. The maximum Gasteiger partial charge on any atom is 0.0622 e. The minimum absolute atomic E-state index is 0.694. The molecule has 0 aromatic rings. The molecular formula is C124H235N3O. The van der Waals surface area contributed by atoms with Crippen LogP contribution in [-0.4, -0.2) is 85.3 Å². The second-order valence-corrected chi connectivity index (χ2v) is 54.8. The summed E-state index contributed by atoms with van der Waals surface area (Å²) < 4.78 is 5.59. The van der Waals surface area contributed by atoms with Crippen LogP contribution in [0.3, 0.4) is 0 Å². The summed E-state index contributed by atoms with van der Waals surface area (Å²) >= 11 is 0. The van der Waals surface area contributed by atoms with Crippen LogP contribution in [-0.2, 0) is 4.74 Å². The minimum Gasteiger partial charge on any atom is -0.378 e. The molecule has 4 heteroatoms. The third-order valence-corrected chi connectivity index (χ3v) is 41.7. The van der Waals surface area contributed by atoms with Crippen LogP contribution >= 0.6 is 0 Å². The molecule has 19 aliphatic rings. The number of ether oxygens (including phenoxy) is 1. The highest BCUT2D eigenvalue weighted by atomic mass is 16.5. The van der Waals surface area contributed by atoms with Crippen LogP contribution < -0.4 is 0 Å². The number of hydrogen-bond acceptors (Lipinski definition) is 4. The summed E-state index contributed by atoms with van der Waals surface area (Å²) in [6.07, 6.45) is 84.2. The predicted molar refractivity (Wildman–Crippen MR) is 566 cm³/mol. The summed E-state index contributed by atoms with van der Waals surface area (Å²) in [4.78, 5) is 7.81. The number of fused-ring (bicyclic) bond motifs is 16. The van der Waals surface area contributed by atoms with Gasteiger partial charge in [0.25, 0.3) is 0 Å². The van der Waals surface area contributed by atoms with E-state index in [0.717, 1.165) is 227 Å². The van der Waals surface area contributed by atoms with E-state index in [1.165, 1.54) is 238 Å². The number of hydrogen-bond donors (Lipinski definition) is 0. The number of likely N-dealkylation sites (N-methyl/N-ethyl adjacent to an activating group) is 1. The van der Waals surface area contributed by atoms with Gasteiger partial charge in [0.05, 0.1) is 13.2 Å². The van der Waals surface area contributed by atoms with Gasteiger partial charge < -0.3 is 14.5 Å². The van der Waals surface area contributed by atoms with E-state index in [1.54, 1.807) is 122 Å². The van der Waals surface area contributed by atoms with Gasteiger partial charge in [0, 0.05) is 36.3 Å². The smallest absolute Gasteiger partial charge is 0.0622 e. The number of piperidine rings is 4. The molecule has 16 bridgehead atoms. The van der Waals surface area contributed by atoms with Gasteiger partial charge in [0.1, 0.15) is 0 Å². The van der Waals surface area contributed by atoms with Crippen molar-refractivity contribution in [3.63, 3.8) is 0 Å². The number of morpholine rings is 1. The summed E-state index contributed by atoms with van der Waals surface area (Å²) in [5, 5.41) is 0. The lowest BCUT2D eigenvalue weighted by Gasteiger charge is -2.60. The molecule has 0 amide bonds. The van der Waals surface area contributed by atoms with Crippen LogP contribution in [0.1, 0.15) is 526 Å². The molecule has 19 fully saturated rings. The van der Waals surface area contributed by atoms with Gasteiger partial charge in [0.2, 0.25) is 0 Å². The standard InChI is InChI=1S/2C14H26.2C13H24.C13H26.C12H23N.C12H22.C11H21NO.C11H21N.C11H22/c1-10(2)5-6-11-7-8-12-9-13(11)14(12,3)4;1-4-11-5-12-7-13(6-11)9-14(8-12)10(2)3;1-9(2)13-7-11-4-10(3)5-12(6-11)8-13;1-10(2)13-8-11-5-3-4-6-12(7-11)9-13;1-12(2)13-10-8-6-4-3-5-7-9-11-13;1-9(2)10-7-11-5-4-6-12(8-10)13(11)3;1-9(2)12-7-10-4-3-5-11(6-10)8-12;1-8(2)9-4-10-6-13-7-11(5-9)12(10)3;1-8(2)9-6-10-4-5-11(7-9)12(10)3;1-10(2)11-8-6-4-3-5-7-9-11/h10-13H,5-9H2,1-4H3;10-14H,4-9H2,1-3H3;9-13H,4-8H2,1-3H3;10-13H,3-9H2,1-2H3;12-13H,3-11H2,1-2H3;9-12H,4-8H2,1-3H3;9-12H,3-8H2,1-2H3;8-11H,4-7H2,1-3H3;8-11H,4-7H2,1-3H3;10-11H,3-9H2,1-2H3/t11-,12+,13+;11?,12-,13+,14?;10?,11-,12+,13?;11-,12+,13?;;10?,11-,12+;10-,11+,12?;2*9?,10-,11+;/m1........./s1. The van der Waals surface area contributed by atoms with Crippen molar-refractivity contribution in [1.82, 2.24) is 14.7 Å². The maximum atomic E-state index is 5.59. The molecule has 0 aromatic carbocycles. The average Bonchev–Trinajstić information content (AvgIpc) is 0.947. The first-order valence-electron chi connectivity index (χ1n) is 59.7. The minimum atomic E-state index is 0.694. The lowest BCUT2D eigenvalue weighted by atomic mass is 9.45. The van der Waals surface area contributed by atoms with Crippen molar-refractivity contribution in [2.75, 3.05) is 34.4 Å². The lowest BCUT2D eigenvalue weighted by molar-refractivity contribution is -0.107. The van der Waals surface area contributed by atoms with Gasteiger partial charge in [-0.15, -0.1) is 0 Å². The quantitative estimate of drug-likeness (QED) is 0.183. The molecule has 13 aliphatic carbocycles. The van der Waals surface area contributed by atoms with Gasteiger partial charge in [-0.2, -0.15) is 0 Å². The normalized spacial score (nSPS) is 38.3. The Bertz CT molecular complexity index is 2670. The van der Waals surface area contributed by atoms with Gasteiger partial charge in [-0.05, 0) is 409 Å². The van der Waals surface area contributed by atoms with Crippen LogP contribution in [0.2, 0.25) is 0 Å². The fraction of sp³-hybridized carbons (Fsp3) is 1.00. The summed E-state index contributed by atoms with van der Waals surface area (Å²) in [5.74, 6) is 32.5. The van der Waals surface area contributed by atoms with Crippen molar-refractivity contribution < 1.29 is 4.74 Å². The molecule has 128 heavy (non-hydrogen) atoms. The first-order valence-corrected chi connectivity index (χ1v) is 59.7. The molecule has 6 heterocycles. The number of rotatable bonds is 13. The fourth-order valence-electron chi connectivity index (χ4n) is 31.9. The van der Waals surface area contributed by atoms with E-state index in [2.05, 4.69) is 202 Å². The van der Waals surface area contributed by atoms with Crippen molar-refractivity contribution in [2.24, 2.45) is 195 Å². The van der Waals surface area contributed by atoms with E-state index in [0.29, 0.717) is 17.5 Å². The third kappa shape index (κ3) is 36.5. The molecule has 4 nitrogen and oxygen atoms in total. The van der Waals surface area contributed by atoms with Crippen LogP contribution in [0.4, 0.5) is 0 Å². The first kappa shape index (κ1) is 111. The molecule has 19 rings (SSSR count). The Balaban J connectivity index is 0.000000161. The van der Waals surface area contributed by atoms with E-state index >= 15 is 0 Å². The van der Waals surface area contributed by atoms with Gasteiger partial charge >= 0.3 is 0 Å². The second kappa shape index (κ2) is 56.9. The van der Waals surface area contributed by atoms with Crippen molar-refractivity contribution in [3.05, 3.63) is 0 Å². The number of nitrogens with zero attached hydrogens (tertiary/aromatic N) is 3. The molecule has 0 N–H and O–H groups in total. The first-order chi connectivity index (χ1) is 61.0. The molecule has 6 aliphatic heterocycles. The summed E-state index contributed by atoms with van der Waals surface area (Å²) in [6, 6.07) is 5.08. The SMILES string of the molecule is CC(C)C1CCCCCCC1.CC(C)C1CCCCCCCCC1.CC(C)C1C[C@H]2CCCC[C@@H](C1)C2.CC(C)C1C[C@H]2CCC[C@@H](C1)C2.CC(C)C1C[C@H]2CCC[C@@H](C1)N2C.CC(C)C1C[C@H]2CC[C@@H](C1)N2C.CC(C)C1C[C@H]2COC[C@@H](C1)N2C.CC(C)CC[C@@H]1CC[C@H]2C[C@@H]1C2(C)C.CC1C[C@@H]2CC(C(C)C)C[C@H](C1)C2.CCC1C[C@@H]2CC(C(C)C)C[C@H](C1)C2. The third-order valence-electron chi connectivity index (χ3n) is 41.7. The lowest BCUT2D eigenvalue weighted by Crippen LogP contribution is -2.55.